The lowest BCUT2D eigenvalue weighted by molar-refractivity contribution is -0.119. The Hall–Kier alpha value is -2.38. The molecule has 3 aliphatic heterocycles. The van der Waals surface area contributed by atoms with Gasteiger partial charge in [-0.25, -0.2) is 14.1 Å². The first-order valence-corrected chi connectivity index (χ1v) is 10.9. The van der Waals surface area contributed by atoms with Gasteiger partial charge in [0.25, 0.3) is 5.91 Å². The molecule has 0 unspecified atom stereocenters. The molecule has 0 radical (unpaired) electrons. The maximum atomic E-state index is 13.3. The van der Waals surface area contributed by atoms with Crippen molar-refractivity contribution in [3.8, 4) is 0 Å². The van der Waals surface area contributed by atoms with Gasteiger partial charge in [0.1, 0.15) is 11.9 Å². The number of likely N-dealkylation sites (tertiary alicyclic amines) is 1. The molecule has 3 aliphatic rings. The summed E-state index contributed by atoms with van der Waals surface area (Å²) in [5.41, 5.74) is 1.73. The number of fused-ring (bicyclic) bond motifs is 2. The van der Waals surface area contributed by atoms with Crippen LogP contribution in [0, 0.1) is 5.82 Å². The van der Waals surface area contributed by atoms with E-state index in [9.17, 15) is 14.0 Å². The van der Waals surface area contributed by atoms with E-state index in [2.05, 4.69) is 29.2 Å². The maximum Gasteiger partial charge on any atom is 0.333 e. The number of anilines is 1. The molecule has 0 aliphatic carbocycles. The van der Waals surface area contributed by atoms with E-state index in [4.69, 9.17) is 0 Å². The lowest BCUT2D eigenvalue weighted by Gasteiger charge is -2.43. The Balaban J connectivity index is 1.32. The summed E-state index contributed by atoms with van der Waals surface area (Å²) in [6, 6.07) is 15.3. The largest absolute Gasteiger partial charge is 0.333 e. The van der Waals surface area contributed by atoms with Crippen LogP contribution in [0.15, 0.2) is 54.6 Å². The van der Waals surface area contributed by atoms with Crippen molar-refractivity contribution in [2.24, 2.45) is 0 Å². The van der Waals surface area contributed by atoms with Crippen LogP contribution in [-0.2, 0) is 11.3 Å². The van der Waals surface area contributed by atoms with Gasteiger partial charge in [0.15, 0.2) is 0 Å². The Morgan fingerprint density at radius 2 is 1.69 bits per heavy atom. The number of carbonyl (C=O) groups excluding carboxylic acids is 2. The molecule has 1 spiro atoms. The molecule has 3 fully saturated rings. The fourth-order valence-corrected chi connectivity index (χ4v) is 6.19. The van der Waals surface area contributed by atoms with Gasteiger partial charge in [0, 0.05) is 25.4 Å². The Labute approximate surface area is 173 Å². The Kier molecular flexibility index (Phi) is 4.59. The molecule has 1 atom stereocenters. The number of urea groups is 1. The van der Waals surface area contributed by atoms with Gasteiger partial charge in [0.2, 0.25) is 0 Å². The number of carbonyl (C=O) groups is 2. The molecule has 5 rings (SSSR count). The van der Waals surface area contributed by atoms with Crippen LogP contribution in [0.1, 0.15) is 18.4 Å². The molecular formula is C22H22FN3O2S. The Morgan fingerprint density at radius 3 is 2.38 bits per heavy atom. The summed E-state index contributed by atoms with van der Waals surface area (Å²) in [5, 5.41) is 0. The van der Waals surface area contributed by atoms with Crippen LogP contribution in [0.3, 0.4) is 0 Å². The topological polar surface area (TPSA) is 43.9 Å². The zero-order chi connectivity index (χ0) is 20.0. The van der Waals surface area contributed by atoms with Crippen molar-refractivity contribution in [1.82, 2.24) is 9.80 Å². The Morgan fingerprint density at radius 1 is 1.00 bits per heavy atom. The van der Waals surface area contributed by atoms with Crippen molar-refractivity contribution in [3.05, 3.63) is 66.0 Å². The van der Waals surface area contributed by atoms with Gasteiger partial charge in [-0.15, -0.1) is 11.8 Å². The van der Waals surface area contributed by atoms with Crippen LogP contribution in [0.4, 0.5) is 14.9 Å². The lowest BCUT2D eigenvalue weighted by atomic mass is 10.0. The van der Waals surface area contributed by atoms with Crippen molar-refractivity contribution in [2.45, 2.75) is 30.3 Å². The van der Waals surface area contributed by atoms with Gasteiger partial charge >= 0.3 is 6.03 Å². The summed E-state index contributed by atoms with van der Waals surface area (Å²) in [4.78, 5) is 31.3. The highest BCUT2D eigenvalue weighted by atomic mass is 32.2. The lowest BCUT2D eigenvalue weighted by Crippen LogP contribution is -2.53. The third-order valence-electron chi connectivity index (χ3n) is 6.13. The SMILES string of the molecule is O=C1[C@@H]2CSC3(CCN(Cc4ccccc4)CC3)N2C(=O)N1c1ccc(F)cc1. The number of hydrogen-bond acceptors (Lipinski definition) is 4. The third-order valence-corrected chi connectivity index (χ3v) is 7.76. The normalized spacial score (nSPS) is 23.8. The second kappa shape index (κ2) is 7.15. The Bertz CT molecular complexity index is 929. The van der Waals surface area contributed by atoms with Crippen LogP contribution in [-0.4, -0.2) is 51.5 Å². The zero-order valence-electron chi connectivity index (χ0n) is 16.0. The minimum absolute atomic E-state index is 0.197. The molecule has 0 bridgehead atoms. The van der Waals surface area contributed by atoms with Crippen LogP contribution >= 0.6 is 11.8 Å². The van der Waals surface area contributed by atoms with Crippen molar-refractivity contribution in [3.63, 3.8) is 0 Å². The summed E-state index contributed by atoms with van der Waals surface area (Å²) in [6.07, 6.45) is 1.69. The first kappa shape index (κ1) is 18.6. The molecule has 0 saturated carbocycles. The number of hydrogen-bond donors (Lipinski definition) is 0. The summed E-state index contributed by atoms with van der Waals surface area (Å²) in [6.45, 7) is 2.69. The average Bonchev–Trinajstić information content (AvgIpc) is 3.22. The molecule has 3 amide bonds. The molecule has 2 aromatic rings. The van der Waals surface area contributed by atoms with Gasteiger partial charge < -0.3 is 0 Å². The summed E-state index contributed by atoms with van der Waals surface area (Å²) in [7, 11) is 0. The summed E-state index contributed by atoms with van der Waals surface area (Å²) >= 11 is 1.74. The summed E-state index contributed by atoms with van der Waals surface area (Å²) in [5.74, 6) is 0.0462. The van der Waals surface area contributed by atoms with Gasteiger partial charge in [-0.2, -0.15) is 0 Å². The average molecular weight is 412 g/mol. The molecule has 29 heavy (non-hydrogen) atoms. The van der Waals surface area contributed by atoms with Crippen molar-refractivity contribution in [2.75, 3.05) is 23.7 Å². The number of thioether (sulfide) groups is 1. The van der Waals surface area contributed by atoms with Gasteiger partial charge in [-0.3, -0.25) is 14.6 Å². The maximum absolute atomic E-state index is 13.3. The molecule has 3 saturated heterocycles. The third kappa shape index (κ3) is 3.13. The number of imide groups is 1. The first-order valence-electron chi connectivity index (χ1n) is 9.90. The molecule has 0 N–H and O–H groups in total. The molecule has 0 aromatic heterocycles. The predicted molar refractivity (Wildman–Crippen MR) is 111 cm³/mol. The van der Waals surface area contributed by atoms with Crippen LogP contribution < -0.4 is 4.90 Å². The zero-order valence-corrected chi connectivity index (χ0v) is 16.8. The predicted octanol–water partition coefficient (Wildman–Crippen LogP) is 3.70. The number of benzene rings is 2. The van der Waals surface area contributed by atoms with E-state index >= 15 is 0 Å². The van der Waals surface area contributed by atoms with Crippen molar-refractivity contribution in [1.29, 1.82) is 0 Å². The molecule has 2 aromatic carbocycles. The molecule has 150 valence electrons. The highest BCUT2D eigenvalue weighted by Crippen LogP contribution is 2.50. The van der Waals surface area contributed by atoms with Gasteiger partial charge in [0.05, 0.1) is 10.6 Å². The standard InChI is InChI=1S/C22H22FN3O2S/c23-17-6-8-18(9-7-17)25-20(27)19-15-29-22(26(19)21(25)28)10-12-24(13-11-22)14-16-4-2-1-3-5-16/h1-9,19H,10-15H2/t19-/m0/s1. The van der Waals surface area contributed by atoms with E-state index in [1.807, 2.05) is 11.0 Å². The van der Waals surface area contributed by atoms with Gasteiger partial charge in [-0.05, 0) is 42.7 Å². The quantitative estimate of drug-likeness (QED) is 0.723. The number of rotatable bonds is 3. The summed E-state index contributed by atoms with van der Waals surface area (Å²) < 4.78 is 13.3. The fourth-order valence-electron chi connectivity index (χ4n) is 4.62. The second-order valence-electron chi connectivity index (χ2n) is 7.84. The number of nitrogens with zero attached hydrogens (tertiary/aromatic N) is 3. The van der Waals surface area contributed by atoms with E-state index in [0.717, 1.165) is 32.5 Å². The van der Waals surface area contributed by atoms with E-state index in [0.29, 0.717) is 11.4 Å². The molecule has 5 nitrogen and oxygen atoms in total. The minimum Gasteiger partial charge on any atom is -0.299 e. The van der Waals surface area contributed by atoms with Crippen molar-refractivity contribution < 1.29 is 14.0 Å². The monoisotopic (exact) mass is 411 g/mol. The molecular weight excluding hydrogens is 389 g/mol. The fraction of sp³-hybridized carbons (Fsp3) is 0.364. The van der Waals surface area contributed by atoms with Gasteiger partial charge in [-0.1, -0.05) is 30.3 Å². The van der Waals surface area contributed by atoms with E-state index in [-0.39, 0.29) is 22.6 Å². The van der Waals surface area contributed by atoms with Crippen LogP contribution in [0.2, 0.25) is 0 Å². The van der Waals surface area contributed by atoms with Crippen LogP contribution in [0.25, 0.3) is 0 Å². The minimum atomic E-state index is -0.418. The van der Waals surface area contributed by atoms with E-state index < -0.39 is 6.04 Å². The number of amides is 3. The smallest absolute Gasteiger partial charge is 0.299 e. The molecule has 3 heterocycles. The highest BCUT2D eigenvalue weighted by molar-refractivity contribution is 8.01. The van der Waals surface area contributed by atoms with E-state index in [1.165, 1.54) is 34.7 Å². The van der Waals surface area contributed by atoms with Crippen LogP contribution in [0.5, 0.6) is 0 Å². The van der Waals surface area contributed by atoms with Crippen molar-refractivity contribution >= 4 is 29.4 Å². The number of piperidine rings is 1. The first-order chi connectivity index (χ1) is 14.1. The highest BCUT2D eigenvalue weighted by Gasteiger charge is 2.60. The molecule has 7 heteroatoms. The van der Waals surface area contributed by atoms with E-state index in [1.54, 1.807) is 11.8 Å². The second-order valence-corrected chi connectivity index (χ2v) is 9.22. The number of halogens is 1.